The van der Waals surface area contributed by atoms with Gasteiger partial charge in [0.2, 0.25) is 0 Å². The Morgan fingerprint density at radius 2 is 2.12 bits per heavy atom. The molecule has 2 nitrogen and oxygen atoms in total. The van der Waals surface area contributed by atoms with Crippen LogP contribution in [0.3, 0.4) is 0 Å². The lowest BCUT2D eigenvalue weighted by Gasteiger charge is -2.25. The zero-order valence-electron chi connectivity index (χ0n) is 11.3. The van der Waals surface area contributed by atoms with Crippen molar-refractivity contribution in [2.45, 2.75) is 58.7 Å². The molecule has 1 aliphatic carbocycles. The van der Waals surface area contributed by atoms with Gasteiger partial charge in [0.05, 0.1) is 13.2 Å². The van der Waals surface area contributed by atoms with Crippen LogP contribution >= 0.6 is 0 Å². The zero-order valence-corrected chi connectivity index (χ0v) is 11.3. The minimum atomic E-state index is 0.0456. The van der Waals surface area contributed by atoms with E-state index in [2.05, 4.69) is 19.9 Å². The molecular weight excluding hydrogens is 212 g/mol. The van der Waals surface area contributed by atoms with E-state index in [0.717, 1.165) is 25.6 Å². The summed E-state index contributed by atoms with van der Waals surface area (Å²) in [5.41, 5.74) is 1.63. The van der Waals surface area contributed by atoms with Gasteiger partial charge in [0.1, 0.15) is 0 Å². The summed E-state index contributed by atoms with van der Waals surface area (Å²) < 4.78 is 11.1. The van der Waals surface area contributed by atoms with Gasteiger partial charge in [-0.05, 0) is 31.6 Å². The van der Waals surface area contributed by atoms with E-state index in [0.29, 0.717) is 5.92 Å². The molecule has 1 fully saturated rings. The molecule has 0 saturated carbocycles. The Morgan fingerprint density at radius 1 is 1.35 bits per heavy atom. The summed E-state index contributed by atoms with van der Waals surface area (Å²) in [6.07, 6.45) is 10.4. The number of hydrogen-bond donors (Lipinski definition) is 0. The van der Waals surface area contributed by atoms with Crippen LogP contribution in [0, 0.1) is 11.8 Å². The summed E-state index contributed by atoms with van der Waals surface area (Å²) in [7, 11) is 0. The lowest BCUT2D eigenvalue weighted by molar-refractivity contribution is -0.0782. The Kier molecular flexibility index (Phi) is 5.05. The second kappa shape index (κ2) is 6.55. The molecular formula is C15H26O2. The molecule has 0 bridgehead atoms. The molecule has 0 radical (unpaired) electrons. The molecule has 1 aliphatic heterocycles. The van der Waals surface area contributed by atoms with Gasteiger partial charge in [-0.2, -0.15) is 0 Å². The highest BCUT2D eigenvalue weighted by molar-refractivity contribution is 5.07. The van der Waals surface area contributed by atoms with Crippen LogP contribution in [0.15, 0.2) is 11.6 Å². The molecule has 0 aromatic heterocycles. The minimum absolute atomic E-state index is 0.0456. The number of hydrogen-bond acceptors (Lipinski definition) is 2. The first-order valence-electron chi connectivity index (χ1n) is 7.20. The van der Waals surface area contributed by atoms with E-state index in [-0.39, 0.29) is 6.29 Å². The molecule has 2 aliphatic rings. The van der Waals surface area contributed by atoms with E-state index in [1.807, 2.05) is 0 Å². The molecule has 0 N–H and O–H groups in total. The van der Waals surface area contributed by atoms with Crippen LogP contribution in [0.25, 0.3) is 0 Å². The Hall–Kier alpha value is -0.340. The smallest absolute Gasteiger partial charge is 0.160 e. The van der Waals surface area contributed by atoms with Gasteiger partial charge in [0.25, 0.3) is 0 Å². The van der Waals surface area contributed by atoms with Gasteiger partial charge in [0.15, 0.2) is 6.29 Å². The van der Waals surface area contributed by atoms with Crippen molar-refractivity contribution in [3.8, 4) is 0 Å². The van der Waals surface area contributed by atoms with Crippen LogP contribution in [-0.4, -0.2) is 19.5 Å². The van der Waals surface area contributed by atoms with Crippen LogP contribution in [0.5, 0.6) is 0 Å². The van der Waals surface area contributed by atoms with E-state index in [4.69, 9.17) is 9.47 Å². The van der Waals surface area contributed by atoms with Crippen LogP contribution in [-0.2, 0) is 9.47 Å². The van der Waals surface area contributed by atoms with Crippen molar-refractivity contribution in [3.05, 3.63) is 11.6 Å². The van der Waals surface area contributed by atoms with E-state index in [1.165, 1.54) is 32.1 Å². The average molecular weight is 238 g/mol. The van der Waals surface area contributed by atoms with Crippen LogP contribution in [0.4, 0.5) is 0 Å². The number of ether oxygens (including phenoxy) is 2. The molecule has 0 aromatic rings. The third-order valence-electron chi connectivity index (χ3n) is 4.01. The van der Waals surface area contributed by atoms with Gasteiger partial charge in [-0.15, -0.1) is 0 Å². The molecule has 0 amide bonds. The number of rotatable bonds is 5. The molecule has 0 spiro atoms. The second-order valence-electron chi connectivity index (χ2n) is 5.58. The first-order chi connectivity index (χ1) is 8.29. The molecule has 1 saturated heterocycles. The molecule has 2 atom stereocenters. The van der Waals surface area contributed by atoms with Gasteiger partial charge in [-0.1, -0.05) is 38.3 Å². The quantitative estimate of drug-likeness (QED) is 0.676. The van der Waals surface area contributed by atoms with E-state index < -0.39 is 0 Å². The maximum Gasteiger partial charge on any atom is 0.160 e. The van der Waals surface area contributed by atoms with E-state index in [1.54, 1.807) is 5.57 Å². The SMILES string of the molecule is CCCC1CC=C(CC(C)C2OCCO2)CC1. The predicted octanol–water partition coefficient (Wildman–Crippen LogP) is 3.91. The highest BCUT2D eigenvalue weighted by atomic mass is 16.7. The van der Waals surface area contributed by atoms with Crippen molar-refractivity contribution in [2.75, 3.05) is 13.2 Å². The molecule has 2 rings (SSSR count). The fourth-order valence-corrected chi connectivity index (χ4v) is 3.01. The van der Waals surface area contributed by atoms with E-state index >= 15 is 0 Å². The van der Waals surface area contributed by atoms with Crippen molar-refractivity contribution in [3.63, 3.8) is 0 Å². The van der Waals surface area contributed by atoms with Crippen molar-refractivity contribution >= 4 is 0 Å². The fraction of sp³-hybridized carbons (Fsp3) is 0.867. The van der Waals surface area contributed by atoms with Gasteiger partial charge in [0, 0.05) is 5.92 Å². The first-order valence-corrected chi connectivity index (χ1v) is 7.20. The zero-order chi connectivity index (χ0) is 12.1. The maximum absolute atomic E-state index is 5.57. The molecule has 17 heavy (non-hydrogen) atoms. The normalized spacial score (nSPS) is 28.1. The molecule has 2 unspecified atom stereocenters. The molecule has 2 heteroatoms. The van der Waals surface area contributed by atoms with E-state index in [9.17, 15) is 0 Å². The number of allylic oxidation sites excluding steroid dienone is 2. The molecule has 98 valence electrons. The second-order valence-corrected chi connectivity index (χ2v) is 5.58. The van der Waals surface area contributed by atoms with Crippen LogP contribution < -0.4 is 0 Å². The topological polar surface area (TPSA) is 18.5 Å². The molecule has 1 heterocycles. The van der Waals surface area contributed by atoms with Gasteiger partial charge >= 0.3 is 0 Å². The fourth-order valence-electron chi connectivity index (χ4n) is 3.01. The van der Waals surface area contributed by atoms with Crippen molar-refractivity contribution in [2.24, 2.45) is 11.8 Å². The van der Waals surface area contributed by atoms with Crippen LogP contribution in [0.1, 0.15) is 52.4 Å². The molecule has 0 aromatic carbocycles. The summed E-state index contributed by atoms with van der Waals surface area (Å²) in [6.45, 7) is 6.07. The third kappa shape index (κ3) is 3.82. The Bertz CT molecular complexity index is 254. The average Bonchev–Trinajstić information content (AvgIpc) is 2.86. The standard InChI is InChI=1S/C15H26O2/c1-3-4-13-5-7-14(8-6-13)11-12(2)15-16-9-10-17-15/h7,12-13,15H,3-6,8-11H2,1-2H3. The first kappa shape index (κ1) is 13.1. The lowest BCUT2D eigenvalue weighted by Crippen LogP contribution is -2.20. The highest BCUT2D eigenvalue weighted by Crippen LogP contribution is 2.31. The monoisotopic (exact) mass is 238 g/mol. The maximum atomic E-state index is 5.57. The Labute approximate surface area is 105 Å². The largest absolute Gasteiger partial charge is 0.350 e. The van der Waals surface area contributed by atoms with Crippen molar-refractivity contribution in [1.82, 2.24) is 0 Å². The summed E-state index contributed by atoms with van der Waals surface area (Å²) in [4.78, 5) is 0. The van der Waals surface area contributed by atoms with Crippen molar-refractivity contribution < 1.29 is 9.47 Å². The summed E-state index contributed by atoms with van der Waals surface area (Å²) in [5, 5.41) is 0. The van der Waals surface area contributed by atoms with Crippen molar-refractivity contribution in [1.29, 1.82) is 0 Å². The summed E-state index contributed by atoms with van der Waals surface area (Å²) >= 11 is 0. The minimum Gasteiger partial charge on any atom is -0.350 e. The highest BCUT2D eigenvalue weighted by Gasteiger charge is 2.24. The predicted molar refractivity (Wildman–Crippen MR) is 69.8 cm³/mol. The third-order valence-corrected chi connectivity index (χ3v) is 4.01. The Balaban J connectivity index is 1.75. The van der Waals surface area contributed by atoms with Gasteiger partial charge in [-0.25, -0.2) is 0 Å². The van der Waals surface area contributed by atoms with Gasteiger partial charge in [-0.3, -0.25) is 0 Å². The Morgan fingerprint density at radius 3 is 2.71 bits per heavy atom. The van der Waals surface area contributed by atoms with Gasteiger partial charge < -0.3 is 9.47 Å². The van der Waals surface area contributed by atoms with Crippen LogP contribution in [0.2, 0.25) is 0 Å². The summed E-state index contributed by atoms with van der Waals surface area (Å²) in [5.74, 6) is 1.45. The lowest BCUT2D eigenvalue weighted by atomic mass is 9.84. The summed E-state index contributed by atoms with van der Waals surface area (Å²) in [6, 6.07) is 0.